The number of hydrogen-bond acceptors (Lipinski definition) is 4. The minimum absolute atomic E-state index is 0.00873. The lowest BCUT2D eigenvalue weighted by molar-refractivity contribution is -0.147. The van der Waals surface area contributed by atoms with Crippen molar-refractivity contribution in [3.63, 3.8) is 0 Å². The van der Waals surface area contributed by atoms with Crippen LogP contribution in [0.4, 0.5) is 0 Å². The lowest BCUT2D eigenvalue weighted by Crippen LogP contribution is -2.43. The SMILES string of the molecule is C[C@@H]1CCCC[C@H]1NC(=O)COC(=O)CNC(=O)c1ccc(C(C)(C)C)cc1. The number of ether oxygens (including phenoxy) is 1. The van der Waals surface area contributed by atoms with Crippen LogP contribution in [-0.2, 0) is 19.7 Å². The van der Waals surface area contributed by atoms with Crippen LogP contribution in [0.15, 0.2) is 24.3 Å². The van der Waals surface area contributed by atoms with Crippen LogP contribution in [0.3, 0.4) is 0 Å². The van der Waals surface area contributed by atoms with Crippen LogP contribution in [0.1, 0.15) is 69.3 Å². The fourth-order valence-corrected chi connectivity index (χ4v) is 3.35. The number of amides is 2. The molecule has 1 aliphatic carbocycles. The van der Waals surface area contributed by atoms with Gasteiger partial charge in [-0.3, -0.25) is 14.4 Å². The third kappa shape index (κ3) is 6.66. The van der Waals surface area contributed by atoms with Crippen molar-refractivity contribution in [3.05, 3.63) is 35.4 Å². The number of nitrogens with one attached hydrogen (secondary N) is 2. The van der Waals surface area contributed by atoms with E-state index in [0.29, 0.717) is 11.5 Å². The van der Waals surface area contributed by atoms with Gasteiger partial charge in [0.05, 0.1) is 0 Å². The van der Waals surface area contributed by atoms with Crippen LogP contribution in [0.5, 0.6) is 0 Å². The molecule has 0 aromatic heterocycles. The highest BCUT2D eigenvalue weighted by atomic mass is 16.5. The molecule has 1 aliphatic rings. The molecule has 6 nitrogen and oxygen atoms in total. The summed E-state index contributed by atoms with van der Waals surface area (Å²) >= 11 is 0. The molecular formula is C22H32N2O4. The Bertz CT molecular complexity index is 691. The smallest absolute Gasteiger partial charge is 0.325 e. The highest BCUT2D eigenvalue weighted by molar-refractivity contribution is 5.96. The molecule has 2 rings (SSSR count). The zero-order chi connectivity index (χ0) is 20.7. The first-order chi connectivity index (χ1) is 13.2. The van der Waals surface area contributed by atoms with Gasteiger partial charge in [-0.1, -0.05) is 52.7 Å². The summed E-state index contributed by atoms with van der Waals surface area (Å²) in [4.78, 5) is 35.9. The number of hydrogen-bond donors (Lipinski definition) is 2. The van der Waals surface area contributed by atoms with E-state index in [1.54, 1.807) is 12.1 Å². The van der Waals surface area contributed by atoms with Crippen molar-refractivity contribution in [1.29, 1.82) is 0 Å². The van der Waals surface area contributed by atoms with E-state index in [0.717, 1.165) is 24.8 Å². The first-order valence-corrected chi connectivity index (χ1v) is 10.0. The highest BCUT2D eigenvalue weighted by Gasteiger charge is 2.23. The number of carbonyl (C=O) groups excluding carboxylic acids is 3. The molecule has 0 heterocycles. The number of esters is 1. The molecular weight excluding hydrogens is 356 g/mol. The fourth-order valence-electron chi connectivity index (χ4n) is 3.35. The minimum Gasteiger partial charge on any atom is -0.454 e. The molecule has 0 bridgehead atoms. The molecule has 1 aromatic rings. The molecule has 6 heteroatoms. The van der Waals surface area contributed by atoms with Gasteiger partial charge >= 0.3 is 5.97 Å². The Hall–Kier alpha value is -2.37. The molecule has 1 aromatic carbocycles. The fraction of sp³-hybridized carbons (Fsp3) is 0.591. The summed E-state index contributed by atoms with van der Waals surface area (Å²) in [7, 11) is 0. The number of benzene rings is 1. The van der Waals surface area contributed by atoms with Gasteiger partial charge < -0.3 is 15.4 Å². The summed E-state index contributed by atoms with van der Waals surface area (Å²) in [6.45, 7) is 7.83. The lowest BCUT2D eigenvalue weighted by atomic mass is 9.86. The van der Waals surface area contributed by atoms with E-state index >= 15 is 0 Å². The Balaban J connectivity index is 1.71. The molecule has 0 spiro atoms. The average Bonchev–Trinajstić information content (AvgIpc) is 2.65. The van der Waals surface area contributed by atoms with Gasteiger partial charge in [0.1, 0.15) is 6.54 Å². The zero-order valence-corrected chi connectivity index (χ0v) is 17.3. The molecule has 1 saturated carbocycles. The van der Waals surface area contributed by atoms with Gasteiger partial charge in [0, 0.05) is 11.6 Å². The Morgan fingerprint density at radius 1 is 1.07 bits per heavy atom. The minimum atomic E-state index is -0.633. The summed E-state index contributed by atoms with van der Waals surface area (Å²) in [6.07, 6.45) is 4.37. The van der Waals surface area contributed by atoms with Crippen molar-refractivity contribution in [2.75, 3.05) is 13.2 Å². The van der Waals surface area contributed by atoms with Gasteiger partial charge in [-0.05, 0) is 41.9 Å². The third-order valence-electron chi connectivity index (χ3n) is 5.23. The monoisotopic (exact) mass is 388 g/mol. The van der Waals surface area contributed by atoms with E-state index in [1.807, 2.05) is 12.1 Å². The first kappa shape index (κ1) is 21.9. The summed E-state index contributed by atoms with van der Waals surface area (Å²) in [5.74, 6) is -0.835. The Morgan fingerprint density at radius 2 is 1.71 bits per heavy atom. The largest absolute Gasteiger partial charge is 0.454 e. The summed E-state index contributed by atoms with van der Waals surface area (Å²) in [5, 5.41) is 5.45. The lowest BCUT2D eigenvalue weighted by Gasteiger charge is -2.29. The molecule has 0 saturated heterocycles. The van der Waals surface area contributed by atoms with E-state index in [2.05, 4.69) is 38.3 Å². The molecule has 154 valence electrons. The predicted octanol–water partition coefficient (Wildman–Crippen LogP) is 2.95. The van der Waals surface area contributed by atoms with E-state index in [1.165, 1.54) is 6.42 Å². The van der Waals surface area contributed by atoms with Gasteiger partial charge in [0.2, 0.25) is 0 Å². The van der Waals surface area contributed by atoms with Gasteiger partial charge in [-0.15, -0.1) is 0 Å². The zero-order valence-electron chi connectivity index (χ0n) is 17.3. The standard InChI is InChI=1S/C22H32N2O4/c1-15-7-5-6-8-18(15)24-19(25)14-28-20(26)13-23-21(27)16-9-11-17(12-10-16)22(2,3)4/h9-12,15,18H,5-8,13-14H2,1-4H3,(H,23,27)(H,24,25)/t15-,18-/m1/s1. The highest BCUT2D eigenvalue weighted by Crippen LogP contribution is 2.23. The molecule has 2 N–H and O–H groups in total. The van der Waals surface area contributed by atoms with Crippen molar-refractivity contribution in [2.45, 2.75) is 64.8 Å². The van der Waals surface area contributed by atoms with E-state index < -0.39 is 5.97 Å². The summed E-state index contributed by atoms with van der Waals surface area (Å²) in [6, 6.07) is 7.43. The van der Waals surface area contributed by atoms with Crippen molar-refractivity contribution >= 4 is 17.8 Å². The molecule has 0 unspecified atom stereocenters. The van der Waals surface area contributed by atoms with Gasteiger partial charge in [-0.2, -0.15) is 0 Å². The summed E-state index contributed by atoms with van der Waals surface area (Å²) < 4.78 is 4.96. The molecule has 1 fully saturated rings. The first-order valence-electron chi connectivity index (χ1n) is 10.0. The molecule has 28 heavy (non-hydrogen) atoms. The Morgan fingerprint density at radius 3 is 2.32 bits per heavy atom. The second-order valence-corrected chi connectivity index (χ2v) is 8.61. The maximum atomic E-state index is 12.1. The normalized spacial score (nSPS) is 19.6. The van der Waals surface area contributed by atoms with Gasteiger partial charge in [0.15, 0.2) is 6.61 Å². The Labute approximate surface area is 167 Å². The molecule has 2 atom stereocenters. The van der Waals surface area contributed by atoms with Crippen molar-refractivity contribution in [1.82, 2.24) is 10.6 Å². The maximum Gasteiger partial charge on any atom is 0.325 e. The quantitative estimate of drug-likeness (QED) is 0.734. The van der Waals surface area contributed by atoms with Crippen LogP contribution < -0.4 is 10.6 Å². The van der Waals surface area contributed by atoms with E-state index in [4.69, 9.17) is 4.74 Å². The maximum absolute atomic E-state index is 12.1. The van der Waals surface area contributed by atoms with Crippen LogP contribution in [-0.4, -0.2) is 37.0 Å². The van der Waals surface area contributed by atoms with Crippen molar-refractivity contribution < 1.29 is 19.1 Å². The van der Waals surface area contributed by atoms with Gasteiger partial charge in [0.25, 0.3) is 11.8 Å². The third-order valence-corrected chi connectivity index (χ3v) is 5.23. The molecule has 0 radical (unpaired) electrons. The number of rotatable bonds is 6. The Kier molecular flexibility index (Phi) is 7.61. The topological polar surface area (TPSA) is 84.5 Å². The van der Waals surface area contributed by atoms with Crippen molar-refractivity contribution in [3.8, 4) is 0 Å². The number of carbonyl (C=O) groups is 3. The van der Waals surface area contributed by atoms with Crippen LogP contribution in [0, 0.1) is 5.92 Å². The molecule has 2 amide bonds. The second kappa shape index (κ2) is 9.71. The van der Waals surface area contributed by atoms with Crippen molar-refractivity contribution in [2.24, 2.45) is 5.92 Å². The molecule has 0 aliphatic heterocycles. The second-order valence-electron chi connectivity index (χ2n) is 8.61. The van der Waals surface area contributed by atoms with Crippen LogP contribution in [0.25, 0.3) is 0 Å². The average molecular weight is 389 g/mol. The van der Waals surface area contributed by atoms with Gasteiger partial charge in [-0.25, -0.2) is 0 Å². The predicted molar refractivity (Wildman–Crippen MR) is 108 cm³/mol. The van der Waals surface area contributed by atoms with Crippen LogP contribution in [0.2, 0.25) is 0 Å². The van der Waals surface area contributed by atoms with E-state index in [9.17, 15) is 14.4 Å². The van der Waals surface area contributed by atoms with Crippen LogP contribution >= 0.6 is 0 Å². The van der Waals surface area contributed by atoms with E-state index in [-0.39, 0.29) is 36.4 Å². The summed E-state index contributed by atoms with van der Waals surface area (Å²) in [5.41, 5.74) is 1.61.